The molecule has 3 rings (SSSR count). The van der Waals surface area contributed by atoms with Crippen molar-refractivity contribution >= 4 is 28.6 Å². The van der Waals surface area contributed by atoms with E-state index in [2.05, 4.69) is 15.3 Å². The minimum Gasteiger partial charge on any atom is -0.352 e. The zero-order valence-electron chi connectivity index (χ0n) is 13.0. The largest absolute Gasteiger partial charge is 0.352 e. The summed E-state index contributed by atoms with van der Waals surface area (Å²) < 4.78 is 0. The second-order valence-corrected chi connectivity index (χ2v) is 7.06. The molecule has 1 amide bonds. The first-order chi connectivity index (χ1) is 11.1. The molecule has 0 aliphatic heterocycles. The van der Waals surface area contributed by atoms with Gasteiger partial charge in [-0.15, -0.1) is 22.7 Å². The van der Waals surface area contributed by atoms with Crippen LogP contribution in [-0.2, 0) is 6.42 Å². The predicted octanol–water partition coefficient (Wildman–Crippen LogP) is 3.86. The van der Waals surface area contributed by atoms with Crippen LogP contribution in [-0.4, -0.2) is 22.4 Å². The maximum Gasteiger partial charge on any atom is 0.251 e. The average molecular weight is 343 g/mol. The van der Waals surface area contributed by atoms with E-state index in [4.69, 9.17) is 0 Å². The molecule has 2 aromatic heterocycles. The molecule has 23 heavy (non-hydrogen) atoms. The Morgan fingerprint density at radius 3 is 2.35 bits per heavy atom. The summed E-state index contributed by atoms with van der Waals surface area (Å²) in [5, 5.41) is 9.02. The molecule has 0 aliphatic rings. The molecule has 1 N–H and O–H groups in total. The van der Waals surface area contributed by atoms with Crippen LogP contribution in [0, 0.1) is 13.8 Å². The van der Waals surface area contributed by atoms with Crippen molar-refractivity contribution in [2.24, 2.45) is 0 Å². The van der Waals surface area contributed by atoms with Crippen LogP contribution in [0.15, 0.2) is 35.0 Å². The van der Waals surface area contributed by atoms with Crippen molar-refractivity contribution in [2.75, 3.05) is 6.54 Å². The molecular formula is C17H17N3OS2. The van der Waals surface area contributed by atoms with Crippen LogP contribution in [0.2, 0.25) is 0 Å². The van der Waals surface area contributed by atoms with Gasteiger partial charge in [-0.25, -0.2) is 9.97 Å². The average Bonchev–Trinajstić information content (AvgIpc) is 3.16. The Kier molecular flexibility index (Phi) is 4.83. The number of carbonyl (C=O) groups is 1. The molecule has 0 bridgehead atoms. The lowest BCUT2D eigenvalue weighted by atomic mass is 10.1. The van der Waals surface area contributed by atoms with Crippen LogP contribution in [0.1, 0.15) is 26.8 Å². The summed E-state index contributed by atoms with van der Waals surface area (Å²) in [4.78, 5) is 21.0. The quantitative estimate of drug-likeness (QED) is 0.765. The van der Waals surface area contributed by atoms with E-state index in [1.165, 1.54) is 0 Å². The molecular weight excluding hydrogens is 326 g/mol. The standard InChI is InChI=1S/C17H17N3OS2/c1-11-9-22-15(19-11)7-8-18-16(21)13-3-5-14(6-4-13)17-20-12(2)10-23-17/h3-6,9-10H,7-8H2,1-2H3,(H,18,21). The molecule has 0 saturated carbocycles. The zero-order chi connectivity index (χ0) is 16.2. The van der Waals surface area contributed by atoms with Gasteiger partial charge in [-0.2, -0.15) is 0 Å². The summed E-state index contributed by atoms with van der Waals surface area (Å²) >= 11 is 3.24. The zero-order valence-corrected chi connectivity index (χ0v) is 14.6. The number of amides is 1. The van der Waals surface area contributed by atoms with Crippen LogP contribution >= 0.6 is 22.7 Å². The van der Waals surface area contributed by atoms with Gasteiger partial charge in [0.25, 0.3) is 5.91 Å². The number of nitrogens with zero attached hydrogens (tertiary/aromatic N) is 2. The van der Waals surface area contributed by atoms with E-state index < -0.39 is 0 Å². The third-order valence-corrected chi connectivity index (χ3v) is 5.34. The predicted molar refractivity (Wildman–Crippen MR) is 95.2 cm³/mol. The Morgan fingerprint density at radius 2 is 1.74 bits per heavy atom. The summed E-state index contributed by atoms with van der Waals surface area (Å²) in [6, 6.07) is 7.57. The monoisotopic (exact) mass is 343 g/mol. The van der Waals surface area contributed by atoms with Gasteiger partial charge in [0.05, 0.1) is 5.01 Å². The molecule has 118 valence electrons. The van der Waals surface area contributed by atoms with E-state index >= 15 is 0 Å². The molecule has 6 heteroatoms. The fourth-order valence-corrected chi connectivity index (χ4v) is 3.73. The second kappa shape index (κ2) is 7.02. The maximum absolute atomic E-state index is 12.2. The summed E-state index contributed by atoms with van der Waals surface area (Å²) in [7, 11) is 0. The molecule has 4 nitrogen and oxygen atoms in total. The number of rotatable bonds is 5. The van der Waals surface area contributed by atoms with Crippen molar-refractivity contribution < 1.29 is 4.79 Å². The van der Waals surface area contributed by atoms with Gasteiger partial charge in [-0.05, 0) is 26.0 Å². The number of aryl methyl sites for hydroxylation is 2. The lowest BCUT2D eigenvalue weighted by Gasteiger charge is -2.05. The fourth-order valence-electron chi connectivity index (χ4n) is 2.15. The molecule has 0 unspecified atom stereocenters. The molecule has 0 radical (unpaired) electrons. The van der Waals surface area contributed by atoms with Crippen LogP contribution < -0.4 is 5.32 Å². The number of nitrogens with one attached hydrogen (secondary N) is 1. The smallest absolute Gasteiger partial charge is 0.251 e. The molecule has 0 atom stereocenters. The normalized spacial score (nSPS) is 10.7. The number of hydrogen-bond acceptors (Lipinski definition) is 5. The van der Waals surface area contributed by atoms with Crippen LogP contribution in [0.3, 0.4) is 0 Å². The van der Waals surface area contributed by atoms with Crippen LogP contribution in [0.5, 0.6) is 0 Å². The lowest BCUT2D eigenvalue weighted by molar-refractivity contribution is 0.0954. The topological polar surface area (TPSA) is 54.9 Å². The third kappa shape index (κ3) is 4.03. The highest BCUT2D eigenvalue weighted by atomic mass is 32.1. The first kappa shape index (κ1) is 15.8. The molecule has 2 heterocycles. The van der Waals surface area contributed by atoms with Gasteiger partial charge in [0.1, 0.15) is 5.01 Å². The molecule has 0 saturated heterocycles. The van der Waals surface area contributed by atoms with Gasteiger partial charge >= 0.3 is 0 Å². The number of carbonyl (C=O) groups excluding carboxylic acids is 1. The van der Waals surface area contributed by atoms with Crippen molar-refractivity contribution in [3.8, 4) is 10.6 Å². The lowest BCUT2D eigenvalue weighted by Crippen LogP contribution is -2.25. The first-order valence-electron chi connectivity index (χ1n) is 7.33. The van der Waals surface area contributed by atoms with Crippen molar-refractivity contribution in [1.82, 2.24) is 15.3 Å². The first-order valence-corrected chi connectivity index (χ1v) is 9.09. The van der Waals surface area contributed by atoms with E-state index in [-0.39, 0.29) is 5.91 Å². The highest BCUT2D eigenvalue weighted by molar-refractivity contribution is 7.13. The minimum absolute atomic E-state index is 0.0554. The highest BCUT2D eigenvalue weighted by Gasteiger charge is 2.08. The van der Waals surface area contributed by atoms with Gasteiger partial charge in [0.15, 0.2) is 0 Å². The van der Waals surface area contributed by atoms with Gasteiger partial charge in [-0.1, -0.05) is 12.1 Å². The number of aromatic nitrogens is 2. The van der Waals surface area contributed by atoms with Crippen LogP contribution in [0.25, 0.3) is 10.6 Å². The van der Waals surface area contributed by atoms with E-state index in [0.717, 1.165) is 33.4 Å². The number of hydrogen-bond donors (Lipinski definition) is 1. The molecule has 0 fully saturated rings. The van der Waals surface area contributed by atoms with Crippen LogP contribution in [0.4, 0.5) is 0 Å². The van der Waals surface area contributed by atoms with Gasteiger partial charge in [0, 0.05) is 46.2 Å². The second-order valence-electron chi connectivity index (χ2n) is 5.26. The molecule has 0 spiro atoms. The maximum atomic E-state index is 12.2. The Morgan fingerprint density at radius 1 is 1.04 bits per heavy atom. The number of benzene rings is 1. The molecule has 1 aromatic carbocycles. The minimum atomic E-state index is -0.0554. The van der Waals surface area contributed by atoms with Gasteiger partial charge in [-0.3, -0.25) is 4.79 Å². The van der Waals surface area contributed by atoms with Crippen molar-refractivity contribution in [3.63, 3.8) is 0 Å². The van der Waals surface area contributed by atoms with E-state index in [1.54, 1.807) is 22.7 Å². The SMILES string of the molecule is Cc1csc(CCNC(=O)c2ccc(-c3nc(C)cs3)cc2)n1. The fraction of sp³-hybridized carbons (Fsp3) is 0.235. The van der Waals surface area contributed by atoms with E-state index in [1.807, 2.05) is 48.9 Å². The van der Waals surface area contributed by atoms with Crippen molar-refractivity contribution in [3.05, 3.63) is 57.0 Å². The molecule has 0 aliphatic carbocycles. The molecule has 3 aromatic rings. The summed E-state index contributed by atoms with van der Waals surface area (Å²) in [6.07, 6.45) is 0.765. The van der Waals surface area contributed by atoms with Crippen molar-refractivity contribution in [2.45, 2.75) is 20.3 Å². The van der Waals surface area contributed by atoms with Crippen molar-refractivity contribution in [1.29, 1.82) is 0 Å². The summed E-state index contributed by atoms with van der Waals surface area (Å²) in [6.45, 7) is 4.55. The van der Waals surface area contributed by atoms with E-state index in [0.29, 0.717) is 12.1 Å². The number of thiazole rings is 2. The Labute approximate surface area is 143 Å². The van der Waals surface area contributed by atoms with Gasteiger partial charge < -0.3 is 5.32 Å². The summed E-state index contributed by atoms with van der Waals surface area (Å²) in [5.74, 6) is -0.0554. The highest BCUT2D eigenvalue weighted by Crippen LogP contribution is 2.23. The summed E-state index contributed by atoms with van der Waals surface area (Å²) in [5.41, 5.74) is 3.75. The van der Waals surface area contributed by atoms with E-state index in [9.17, 15) is 4.79 Å². The Bertz CT molecular complexity index is 805. The third-order valence-electron chi connectivity index (χ3n) is 3.30. The van der Waals surface area contributed by atoms with Gasteiger partial charge in [0.2, 0.25) is 0 Å². The Hall–Kier alpha value is -2.05. The Balaban J connectivity index is 1.57.